The molecule has 0 spiro atoms. The zero-order valence-corrected chi connectivity index (χ0v) is 20.0. The van der Waals surface area contributed by atoms with Gasteiger partial charge in [0.15, 0.2) is 5.69 Å². The van der Waals surface area contributed by atoms with Crippen molar-refractivity contribution in [3.05, 3.63) is 81.5 Å². The van der Waals surface area contributed by atoms with Crippen molar-refractivity contribution in [2.75, 3.05) is 18.5 Å². The van der Waals surface area contributed by atoms with Gasteiger partial charge in [0.1, 0.15) is 11.6 Å². The van der Waals surface area contributed by atoms with E-state index in [0.29, 0.717) is 27.8 Å². The minimum atomic E-state index is -0.887. The van der Waals surface area contributed by atoms with Crippen LogP contribution in [0.3, 0.4) is 0 Å². The Morgan fingerprint density at radius 2 is 1.86 bits per heavy atom. The summed E-state index contributed by atoms with van der Waals surface area (Å²) in [4.78, 5) is 37.6. The maximum Gasteiger partial charge on any atom is 0.319 e. The van der Waals surface area contributed by atoms with Crippen LogP contribution in [0.5, 0.6) is 5.75 Å². The molecule has 0 fully saturated rings. The number of rotatable bonds is 7. The van der Waals surface area contributed by atoms with E-state index in [1.807, 2.05) is 0 Å². The zero-order chi connectivity index (χ0) is 25.7. The van der Waals surface area contributed by atoms with Crippen molar-refractivity contribution in [1.82, 2.24) is 9.88 Å². The first-order chi connectivity index (χ1) is 16.6. The van der Waals surface area contributed by atoms with Gasteiger partial charge in [-0.2, -0.15) is 0 Å². The number of nitrogens with zero attached hydrogens (tertiary/aromatic N) is 1. The van der Waals surface area contributed by atoms with Crippen molar-refractivity contribution >= 4 is 17.7 Å². The number of anilines is 1. The fraction of sp³-hybridized carbons (Fsp3) is 0.269. The van der Waals surface area contributed by atoms with E-state index < -0.39 is 23.5 Å². The summed E-state index contributed by atoms with van der Waals surface area (Å²) in [6.45, 7) is 4.92. The van der Waals surface area contributed by atoms with Gasteiger partial charge in [-0.3, -0.25) is 9.59 Å². The third-order valence-corrected chi connectivity index (χ3v) is 5.60. The molecular formula is C26H28FN3O5. The SMILES string of the molecule is CCOC(=O)C(CNC(=O)Nc1c(O)c(C)cn(C)c1=O)c1cccc(-c2cccc(C)c2F)c1. The van der Waals surface area contributed by atoms with Crippen LogP contribution in [-0.2, 0) is 16.6 Å². The third kappa shape index (κ3) is 5.68. The lowest BCUT2D eigenvalue weighted by Crippen LogP contribution is -2.37. The summed E-state index contributed by atoms with van der Waals surface area (Å²) in [5.41, 5.74) is 1.55. The van der Waals surface area contributed by atoms with Crippen molar-refractivity contribution in [3.8, 4) is 16.9 Å². The largest absolute Gasteiger partial charge is 0.505 e. The molecule has 3 aromatic rings. The molecule has 0 aliphatic carbocycles. The van der Waals surface area contributed by atoms with E-state index in [-0.39, 0.29) is 30.4 Å². The van der Waals surface area contributed by atoms with Gasteiger partial charge < -0.3 is 25.0 Å². The fourth-order valence-electron chi connectivity index (χ4n) is 3.72. The van der Waals surface area contributed by atoms with Gasteiger partial charge in [0.2, 0.25) is 0 Å². The summed E-state index contributed by atoms with van der Waals surface area (Å²) in [5, 5.41) is 15.1. The van der Waals surface area contributed by atoms with E-state index in [1.54, 1.807) is 63.2 Å². The Kier molecular flexibility index (Phi) is 7.91. The van der Waals surface area contributed by atoms with Gasteiger partial charge in [-0.1, -0.05) is 42.5 Å². The van der Waals surface area contributed by atoms with Crippen molar-refractivity contribution < 1.29 is 23.8 Å². The van der Waals surface area contributed by atoms with E-state index in [9.17, 15) is 23.9 Å². The van der Waals surface area contributed by atoms with Crippen LogP contribution < -0.4 is 16.2 Å². The number of hydrogen-bond acceptors (Lipinski definition) is 5. The van der Waals surface area contributed by atoms with E-state index in [2.05, 4.69) is 10.6 Å². The Labute approximate surface area is 202 Å². The van der Waals surface area contributed by atoms with Crippen LogP contribution in [0.15, 0.2) is 53.5 Å². The van der Waals surface area contributed by atoms with E-state index in [4.69, 9.17) is 4.74 Å². The van der Waals surface area contributed by atoms with Gasteiger partial charge in [-0.25, -0.2) is 9.18 Å². The second kappa shape index (κ2) is 10.9. The fourth-order valence-corrected chi connectivity index (χ4v) is 3.72. The summed E-state index contributed by atoms with van der Waals surface area (Å²) in [6.07, 6.45) is 1.45. The van der Waals surface area contributed by atoms with E-state index >= 15 is 0 Å². The minimum Gasteiger partial charge on any atom is -0.505 e. The number of aromatic hydroxyl groups is 1. The Hall–Kier alpha value is -4.14. The molecule has 3 N–H and O–H groups in total. The zero-order valence-electron chi connectivity index (χ0n) is 20.0. The molecule has 0 saturated carbocycles. The molecule has 1 heterocycles. The molecule has 8 nitrogen and oxygen atoms in total. The Morgan fingerprint density at radius 1 is 1.14 bits per heavy atom. The predicted octanol–water partition coefficient (Wildman–Crippen LogP) is 3.98. The normalized spacial score (nSPS) is 11.6. The molecule has 0 radical (unpaired) electrons. The number of ether oxygens (including phenoxy) is 1. The number of pyridine rings is 1. The van der Waals surface area contributed by atoms with Crippen LogP contribution in [0, 0.1) is 19.7 Å². The summed E-state index contributed by atoms with van der Waals surface area (Å²) in [7, 11) is 1.50. The molecule has 1 atom stereocenters. The first-order valence-corrected chi connectivity index (χ1v) is 11.1. The van der Waals surface area contributed by atoms with Crippen LogP contribution in [-0.4, -0.2) is 34.8 Å². The average Bonchev–Trinajstić information content (AvgIpc) is 2.83. The summed E-state index contributed by atoms with van der Waals surface area (Å²) >= 11 is 0. The van der Waals surface area contributed by atoms with Crippen molar-refractivity contribution in [1.29, 1.82) is 0 Å². The number of halogens is 1. The Bertz CT molecular complexity index is 1320. The predicted molar refractivity (Wildman–Crippen MR) is 131 cm³/mol. The van der Waals surface area contributed by atoms with E-state index in [1.165, 1.54) is 17.8 Å². The lowest BCUT2D eigenvalue weighted by Gasteiger charge is -2.18. The number of urea groups is 1. The van der Waals surface area contributed by atoms with Gasteiger partial charge >= 0.3 is 12.0 Å². The van der Waals surface area contributed by atoms with Crippen LogP contribution in [0.25, 0.3) is 11.1 Å². The second-order valence-electron chi connectivity index (χ2n) is 8.15. The van der Waals surface area contributed by atoms with Crippen molar-refractivity contribution in [3.63, 3.8) is 0 Å². The topological polar surface area (TPSA) is 110 Å². The minimum absolute atomic E-state index is 0.140. The van der Waals surface area contributed by atoms with Gasteiger partial charge in [0, 0.05) is 30.9 Å². The number of hydrogen-bond donors (Lipinski definition) is 3. The van der Waals surface area contributed by atoms with Crippen molar-refractivity contribution in [2.45, 2.75) is 26.7 Å². The highest BCUT2D eigenvalue weighted by atomic mass is 19.1. The maximum atomic E-state index is 14.7. The van der Waals surface area contributed by atoms with Crippen LogP contribution >= 0.6 is 0 Å². The molecule has 0 aliphatic heterocycles. The number of amides is 2. The highest BCUT2D eigenvalue weighted by Crippen LogP contribution is 2.28. The first-order valence-electron chi connectivity index (χ1n) is 11.1. The van der Waals surface area contributed by atoms with Crippen LogP contribution in [0.2, 0.25) is 0 Å². The molecule has 3 rings (SSSR count). The van der Waals surface area contributed by atoms with Crippen LogP contribution in [0.4, 0.5) is 14.9 Å². The Morgan fingerprint density at radius 3 is 2.57 bits per heavy atom. The highest BCUT2D eigenvalue weighted by Gasteiger charge is 2.24. The molecule has 1 aromatic heterocycles. The number of carbonyl (C=O) groups excluding carboxylic acids is 2. The van der Waals surface area contributed by atoms with Gasteiger partial charge in [-0.15, -0.1) is 0 Å². The van der Waals surface area contributed by atoms with Crippen LogP contribution in [0.1, 0.15) is 29.5 Å². The smallest absolute Gasteiger partial charge is 0.319 e. The molecule has 1 unspecified atom stereocenters. The number of aryl methyl sites for hydroxylation is 3. The lowest BCUT2D eigenvalue weighted by atomic mass is 9.94. The number of esters is 1. The molecular weight excluding hydrogens is 453 g/mol. The molecule has 0 aliphatic rings. The molecule has 184 valence electrons. The molecule has 2 aromatic carbocycles. The summed E-state index contributed by atoms with van der Waals surface area (Å²) < 4.78 is 21.1. The Balaban J connectivity index is 1.85. The summed E-state index contributed by atoms with van der Waals surface area (Å²) in [6, 6.07) is 11.1. The highest BCUT2D eigenvalue weighted by molar-refractivity contribution is 5.91. The van der Waals surface area contributed by atoms with Gasteiger partial charge in [0.05, 0.1) is 12.5 Å². The van der Waals surface area contributed by atoms with Crippen molar-refractivity contribution in [2.24, 2.45) is 7.05 Å². The number of benzene rings is 2. The first kappa shape index (κ1) is 25.5. The van der Waals surface area contributed by atoms with Gasteiger partial charge in [-0.05, 0) is 37.5 Å². The standard InChI is InChI=1S/C26H28FN3O5/c1-5-35-25(33)20(13-28-26(34)29-22-23(31)16(3)14-30(4)24(22)32)18-10-7-9-17(12-18)19-11-6-8-15(2)21(19)27/h6-12,14,20,31H,5,13H2,1-4H3,(H2,28,29,34). The third-order valence-electron chi connectivity index (χ3n) is 5.60. The number of nitrogens with one attached hydrogen (secondary N) is 2. The van der Waals surface area contributed by atoms with E-state index in [0.717, 1.165) is 0 Å². The molecule has 0 bridgehead atoms. The quantitative estimate of drug-likeness (QED) is 0.442. The number of carbonyl (C=O) groups is 2. The van der Waals surface area contributed by atoms with Gasteiger partial charge in [0.25, 0.3) is 5.56 Å². The average molecular weight is 482 g/mol. The number of aromatic nitrogens is 1. The second-order valence-corrected chi connectivity index (χ2v) is 8.15. The molecule has 0 saturated heterocycles. The molecule has 2 amide bonds. The molecule has 9 heteroatoms. The molecule has 35 heavy (non-hydrogen) atoms. The maximum absolute atomic E-state index is 14.7. The lowest BCUT2D eigenvalue weighted by molar-refractivity contribution is -0.144. The summed E-state index contributed by atoms with van der Waals surface area (Å²) in [5.74, 6) is -2.14. The monoisotopic (exact) mass is 481 g/mol.